The number of carbonyl (C=O) groups excluding carboxylic acids is 4. The van der Waals surface area contributed by atoms with E-state index in [9.17, 15) is 37.6 Å². The second-order valence-electron chi connectivity index (χ2n) is 16.0. The van der Waals surface area contributed by atoms with Gasteiger partial charge in [-0.15, -0.1) is 12.6 Å². The molecule has 1 saturated carbocycles. The Labute approximate surface area is 336 Å². The van der Waals surface area contributed by atoms with Crippen molar-refractivity contribution in [3.05, 3.63) is 53.6 Å². The van der Waals surface area contributed by atoms with Gasteiger partial charge < -0.3 is 15.4 Å². The molecule has 4 amide bonds. The maximum atomic E-state index is 13.7. The molecule has 1 aliphatic carbocycles. The molecule has 3 N–H and O–H groups in total. The van der Waals surface area contributed by atoms with Crippen LogP contribution >= 0.6 is 12.6 Å². The number of nitrogens with one attached hydrogen (secondary N) is 3. The van der Waals surface area contributed by atoms with Gasteiger partial charge in [0.1, 0.15) is 11.5 Å². The summed E-state index contributed by atoms with van der Waals surface area (Å²) in [5.41, 5.74) is -2.03. The summed E-state index contributed by atoms with van der Waals surface area (Å²) in [5.74, 6) is -1.13. The summed E-state index contributed by atoms with van der Waals surface area (Å²) in [5, 5.41) is 17.7. The Morgan fingerprint density at radius 3 is 2.35 bits per heavy atom. The molecule has 57 heavy (non-hydrogen) atoms. The maximum Gasteiger partial charge on any atom is 0.417 e. The zero-order valence-corrected chi connectivity index (χ0v) is 33.5. The topological polar surface area (TPSA) is 150 Å². The quantitative estimate of drug-likeness (QED) is 0.184. The highest BCUT2D eigenvalue weighted by Gasteiger charge is 2.54. The Hall–Kier alpha value is -4.21. The van der Waals surface area contributed by atoms with Crippen molar-refractivity contribution in [2.24, 2.45) is 0 Å². The third-order valence-corrected chi connectivity index (χ3v) is 12.1. The third kappa shape index (κ3) is 9.58. The van der Waals surface area contributed by atoms with Gasteiger partial charge in [-0.05, 0) is 96.2 Å². The van der Waals surface area contributed by atoms with E-state index in [2.05, 4.69) is 39.6 Å². The Balaban J connectivity index is 0.942. The number of benzene rings is 2. The highest BCUT2D eigenvalue weighted by atomic mass is 32.1. The van der Waals surface area contributed by atoms with Crippen LogP contribution in [0.25, 0.3) is 0 Å². The lowest BCUT2D eigenvalue weighted by molar-refractivity contribution is -0.138. The molecule has 3 saturated heterocycles. The minimum absolute atomic E-state index is 0.0258. The van der Waals surface area contributed by atoms with Gasteiger partial charge in [0.05, 0.1) is 42.0 Å². The number of thiol groups is 1. The molecule has 3 aliphatic heterocycles. The van der Waals surface area contributed by atoms with E-state index in [4.69, 9.17) is 17.4 Å². The van der Waals surface area contributed by atoms with Crippen molar-refractivity contribution in [2.45, 2.75) is 114 Å². The first-order valence-electron chi connectivity index (χ1n) is 19.5. The normalized spacial score (nSPS) is 27.6. The van der Waals surface area contributed by atoms with E-state index in [1.807, 2.05) is 11.0 Å². The van der Waals surface area contributed by atoms with Crippen LogP contribution in [-0.4, -0.2) is 112 Å². The number of nitriles is 1. The number of piperidine rings is 1. The summed E-state index contributed by atoms with van der Waals surface area (Å²) >= 11 is 4.76. The number of imide groups is 1. The standard InChI is InChI=1S/C40H51F3N8O5S/c1-24-21-48(22-25(2)49(24)23-35(53)46-28-7-5-6-27(18-28)45-33-14-15-34(52)47-36(33)54)16-17-56-31-12-10-29(11-13-31)51-38(57)50(37(55)39(51,3)4)30-9-8-26(20-44)32(19-30)40(41,42)43/h5-9,18-19,24-25,29,31,33,38,45,57H,10-17,21-23H2,1-4H3,(H,46,53)(H,47,52,54)/t24-,25+,29?,31?,33?,38?. The van der Waals surface area contributed by atoms with Crippen molar-refractivity contribution in [2.75, 3.05) is 48.3 Å². The number of nitrogens with zero attached hydrogens (tertiary/aromatic N) is 5. The number of amides is 4. The van der Waals surface area contributed by atoms with E-state index < -0.39 is 34.4 Å². The van der Waals surface area contributed by atoms with E-state index >= 15 is 0 Å². The van der Waals surface area contributed by atoms with Crippen molar-refractivity contribution >= 4 is 53.3 Å². The zero-order chi connectivity index (χ0) is 41.2. The van der Waals surface area contributed by atoms with Gasteiger partial charge >= 0.3 is 6.18 Å². The summed E-state index contributed by atoms with van der Waals surface area (Å²) in [6.45, 7) is 10.8. The number of carbonyl (C=O) groups is 4. The summed E-state index contributed by atoms with van der Waals surface area (Å²) < 4.78 is 47.6. The van der Waals surface area contributed by atoms with Crippen LogP contribution in [0.1, 0.15) is 77.3 Å². The number of piperazine rings is 1. The lowest BCUT2D eigenvalue weighted by Crippen LogP contribution is -2.58. The Kier molecular flexibility index (Phi) is 12.9. The van der Waals surface area contributed by atoms with E-state index in [1.165, 1.54) is 11.0 Å². The van der Waals surface area contributed by atoms with E-state index in [-0.39, 0.29) is 66.5 Å². The molecule has 17 heteroatoms. The molecule has 2 unspecified atom stereocenters. The van der Waals surface area contributed by atoms with Gasteiger partial charge in [0.15, 0.2) is 0 Å². The van der Waals surface area contributed by atoms with Gasteiger partial charge in [-0.1, -0.05) is 6.07 Å². The van der Waals surface area contributed by atoms with E-state index in [0.29, 0.717) is 24.4 Å². The molecule has 0 spiro atoms. The fourth-order valence-electron chi connectivity index (χ4n) is 8.72. The van der Waals surface area contributed by atoms with Crippen LogP contribution < -0.4 is 20.9 Å². The maximum absolute atomic E-state index is 13.7. The summed E-state index contributed by atoms with van der Waals surface area (Å²) in [4.78, 5) is 58.2. The smallest absolute Gasteiger partial charge is 0.377 e. The predicted molar refractivity (Wildman–Crippen MR) is 211 cm³/mol. The Morgan fingerprint density at radius 1 is 1.02 bits per heavy atom. The molecular weight excluding hydrogens is 762 g/mol. The van der Waals surface area contributed by atoms with Crippen LogP contribution in [0.3, 0.4) is 0 Å². The van der Waals surface area contributed by atoms with Gasteiger partial charge in [-0.25, -0.2) is 0 Å². The van der Waals surface area contributed by atoms with Crippen molar-refractivity contribution in [3.8, 4) is 6.07 Å². The highest BCUT2D eigenvalue weighted by molar-refractivity contribution is 7.81. The minimum Gasteiger partial charge on any atom is -0.377 e. The number of alkyl halides is 3. The monoisotopic (exact) mass is 812 g/mol. The summed E-state index contributed by atoms with van der Waals surface area (Å²) in [6, 6.07) is 11.8. The van der Waals surface area contributed by atoms with Crippen molar-refractivity contribution < 1.29 is 37.1 Å². The van der Waals surface area contributed by atoms with Crippen LogP contribution in [0.5, 0.6) is 0 Å². The fraction of sp³-hybridized carbons (Fsp3) is 0.575. The number of anilines is 3. The van der Waals surface area contributed by atoms with Crippen LogP contribution in [0, 0.1) is 11.3 Å². The number of hydrogen-bond acceptors (Lipinski definition) is 11. The van der Waals surface area contributed by atoms with Crippen LogP contribution in [0.2, 0.25) is 0 Å². The lowest BCUT2D eigenvalue weighted by Gasteiger charge is -2.44. The van der Waals surface area contributed by atoms with Gasteiger partial charge in [-0.2, -0.15) is 18.4 Å². The molecule has 0 aromatic heterocycles. The molecule has 13 nitrogen and oxygen atoms in total. The molecule has 4 fully saturated rings. The summed E-state index contributed by atoms with van der Waals surface area (Å²) in [6.07, 6.45) is -1.01. The Morgan fingerprint density at radius 2 is 1.70 bits per heavy atom. The molecule has 2 aromatic carbocycles. The van der Waals surface area contributed by atoms with Crippen molar-refractivity contribution in [3.63, 3.8) is 0 Å². The first-order chi connectivity index (χ1) is 27.0. The number of rotatable bonds is 11. The molecule has 0 radical (unpaired) electrons. The van der Waals surface area contributed by atoms with Crippen molar-refractivity contribution in [1.82, 2.24) is 20.0 Å². The largest absolute Gasteiger partial charge is 0.417 e. The molecule has 308 valence electrons. The second-order valence-corrected chi connectivity index (χ2v) is 16.5. The van der Waals surface area contributed by atoms with Crippen LogP contribution in [0.4, 0.5) is 30.2 Å². The minimum atomic E-state index is -4.75. The fourth-order valence-corrected chi connectivity index (χ4v) is 9.43. The molecule has 2 aromatic rings. The molecule has 0 bridgehead atoms. The highest BCUT2D eigenvalue weighted by Crippen LogP contribution is 2.43. The first kappa shape index (κ1) is 42.4. The average Bonchev–Trinajstić information content (AvgIpc) is 3.32. The number of hydrogen-bond donors (Lipinski definition) is 4. The van der Waals surface area contributed by atoms with Gasteiger partial charge in [-0.3, -0.25) is 44.1 Å². The average molecular weight is 813 g/mol. The molecule has 4 atom stereocenters. The summed E-state index contributed by atoms with van der Waals surface area (Å²) in [7, 11) is 0. The molecule has 4 aliphatic rings. The lowest BCUT2D eigenvalue weighted by atomic mass is 9.89. The molecule has 3 heterocycles. The van der Waals surface area contributed by atoms with E-state index in [1.54, 1.807) is 38.1 Å². The van der Waals surface area contributed by atoms with Crippen molar-refractivity contribution in [1.29, 1.82) is 5.26 Å². The van der Waals surface area contributed by atoms with Gasteiger partial charge in [0.25, 0.3) is 0 Å². The number of ether oxygens (including phenoxy) is 1. The van der Waals surface area contributed by atoms with E-state index in [0.717, 1.165) is 57.5 Å². The van der Waals surface area contributed by atoms with Gasteiger partial charge in [0, 0.05) is 61.2 Å². The zero-order valence-electron chi connectivity index (χ0n) is 32.6. The molecular formula is C40H51F3N8O5S. The second kappa shape index (κ2) is 17.3. The first-order valence-corrected chi connectivity index (χ1v) is 20.0. The van der Waals surface area contributed by atoms with Crippen LogP contribution in [0.15, 0.2) is 42.5 Å². The Bertz CT molecular complexity index is 1870. The predicted octanol–water partition coefficient (Wildman–Crippen LogP) is 4.80. The molecule has 6 rings (SSSR count). The van der Waals surface area contributed by atoms with Crippen LogP contribution in [-0.2, 0) is 30.1 Å². The SMILES string of the molecule is C[C@@H]1CN(CCOC2CCC(N3C(S)N(c4ccc(C#N)c(C(F)(F)F)c4)C(=O)C3(C)C)CC2)C[C@H](C)N1CC(=O)Nc1cccc(NC2CCC(=O)NC2=O)c1. The van der Waals surface area contributed by atoms with Gasteiger partial charge in [0.2, 0.25) is 23.6 Å². The number of halogens is 3. The third-order valence-electron chi connectivity index (χ3n) is 11.6.